The van der Waals surface area contributed by atoms with Gasteiger partial charge in [-0.15, -0.1) is 0 Å². The van der Waals surface area contributed by atoms with E-state index >= 15 is 0 Å². The van der Waals surface area contributed by atoms with Crippen molar-refractivity contribution in [1.29, 1.82) is 0 Å². The number of nitrogens with one attached hydrogen (secondary N) is 1. The molecule has 1 amide bonds. The van der Waals surface area contributed by atoms with E-state index in [1.165, 1.54) is 16.8 Å². The van der Waals surface area contributed by atoms with Crippen molar-refractivity contribution in [3.63, 3.8) is 0 Å². The van der Waals surface area contributed by atoms with Gasteiger partial charge in [0, 0.05) is 18.2 Å². The maximum Gasteiger partial charge on any atom is 0.270 e. The van der Waals surface area contributed by atoms with E-state index in [2.05, 4.69) is 10.4 Å². The minimum atomic E-state index is -0.381. The Morgan fingerprint density at radius 2 is 1.57 bits per heavy atom. The Bertz CT molecular complexity index is 1390. The average molecular weight is 506 g/mol. The van der Waals surface area contributed by atoms with Gasteiger partial charge in [0.1, 0.15) is 23.0 Å². The molecular weight excluding hydrogens is 477 g/mol. The number of amides is 1. The molecule has 0 radical (unpaired) electrons. The summed E-state index contributed by atoms with van der Waals surface area (Å²) in [7, 11) is 6.28. The fourth-order valence-corrected chi connectivity index (χ4v) is 3.91. The zero-order valence-electron chi connectivity index (χ0n) is 21.1. The van der Waals surface area contributed by atoms with Gasteiger partial charge in [-0.05, 0) is 66.6 Å². The van der Waals surface area contributed by atoms with Gasteiger partial charge in [-0.1, -0.05) is 6.07 Å². The van der Waals surface area contributed by atoms with E-state index in [1.54, 1.807) is 58.8 Å². The molecule has 0 unspecified atom stereocenters. The number of hydrogen-bond donors (Lipinski definition) is 1. The van der Waals surface area contributed by atoms with Crippen molar-refractivity contribution in [2.45, 2.75) is 6.42 Å². The average Bonchev–Trinajstić information content (AvgIpc) is 3.38. The maximum atomic E-state index is 13.6. The molecule has 0 aliphatic rings. The molecule has 8 nitrogen and oxygen atoms in total. The first kappa shape index (κ1) is 25.6. The van der Waals surface area contributed by atoms with Crippen LogP contribution in [-0.2, 0) is 6.42 Å². The summed E-state index contributed by atoms with van der Waals surface area (Å²) in [5.74, 6) is 1.74. The molecule has 0 spiro atoms. The predicted molar refractivity (Wildman–Crippen MR) is 138 cm³/mol. The number of ether oxygens (including phenoxy) is 4. The molecule has 1 aromatic heterocycles. The monoisotopic (exact) mass is 505 g/mol. The van der Waals surface area contributed by atoms with Gasteiger partial charge < -0.3 is 24.3 Å². The highest BCUT2D eigenvalue weighted by Gasteiger charge is 2.20. The minimum Gasteiger partial charge on any atom is -0.497 e. The fourth-order valence-electron chi connectivity index (χ4n) is 3.91. The third-order valence-electron chi connectivity index (χ3n) is 5.85. The molecule has 0 aliphatic heterocycles. The molecule has 0 atom stereocenters. The number of nitrogens with zero attached hydrogens (tertiary/aromatic N) is 2. The van der Waals surface area contributed by atoms with E-state index < -0.39 is 0 Å². The van der Waals surface area contributed by atoms with Crippen LogP contribution in [0.1, 0.15) is 16.1 Å². The molecule has 0 fully saturated rings. The van der Waals surface area contributed by atoms with Gasteiger partial charge in [-0.2, -0.15) is 5.10 Å². The van der Waals surface area contributed by atoms with Gasteiger partial charge in [0.05, 0.1) is 39.8 Å². The first-order valence-corrected chi connectivity index (χ1v) is 11.5. The number of halogens is 1. The molecule has 4 aromatic rings. The van der Waals surface area contributed by atoms with Crippen LogP contribution in [0.3, 0.4) is 0 Å². The summed E-state index contributed by atoms with van der Waals surface area (Å²) in [6.07, 6.45) is 0.579. The Hall–Kier alpha value is -4.53. The zero-order chi connectivity index (χ0) is 26.4. The molecule has 0 bridgehead atoms. The van der Waals surface area contributed by atoms with Gasteiger partial charge in [-0.3, -0.25) is 4.79 Å². The number of methoxy groups -OCH3 is 4. The zero-order valence-corrected chi connectivity index (χ0v) is 21.1. The molecular formula is C28H28FN3O5. The summed E-state index contributed by atoms with van der Waals surface area (Å²) >= 11 is 0. The summed E-state index contributed by atoms with van der Waals surface area (Å²) < 4.78 is 36.5. The SMILES string of the molecule is COc1ccc(-c2cc(C(=O)NCCc3ccc(OC)c(OC)c3)n(-c3ccc(F)cc3)n2)c(OC)c1. The molecule has 0 aliphatic carbocycles. The van der Waals surface area contributed by atoms with Crippen molar-refractivity contribution < 1.29 is 28.1 Å². The number of hydrogen-bond acceptors (Lipinski definition) is 6. The maximum absolute atomic E-state index is 13.6. The van der Waals surface area contributed by atoms with Crippen molar-refractivity contribution in [2.24, 2.45) is 0 Å². The molecule has 1 heterocycles. The number of carbonyl (C=O) groups is 1. The Morgan fingerprint density at radius 3 is 2.24 bits per heavy atom. The summed E-state index contributed by atoms with van der Waals surface area (Å²) in [6.45, 7) is 0.379. The van der Waals surface area contributed by atoms with Crippen molar-refractivity contribution in [1.82, 2.24) is 15.1 Å². The molecule has 1 N–H and O–H groups in total. The van der Waals surface area contributed by atoms with Gasteiger partial charge in [-0.25, -0.2) is 9.07 Å². The Morgan fingerprint density at radius 1 is 0.838 bits per heavy atom. The van der Waals surface area contributed by atoms with E-state index in [0.717, 1.165) is 5.56 Å². The standard InChI is InChI=1S/C28H28FN3O5/c1-34-21-10-11-22(26(16-21)36-3)23-17-24(32(31-23)20-8-6-19(29)7-9-20)28(33)30-14-13-18-5-12-25(35-2)27(15-18)37-4/h5-12,15-17H,13-14H2,1-4H3,(H,30,33). The molecule has 4 rings (SSSR count). The second kappa shape index (κ2) is 11.5. The number of benzene rings is 3. The molecule has 0 saturated heterocycles. The van der Waals surface area contributed by atoms with Crippen LogP contribution in [0.15, 0.2) is 66.7 Å². The highest BCUT2D eigenvalue weighted by atomic mass is 19.1. The Balaban J connectivity index is 1.61. The fraction of sp³-hybridized carbons (Fsp3) is 0.214. The third-order valence-corrected chi connectivity index (χ3v) is 5.85. The van der Waals surface area contributed by atoms with E-state index in [4.69, 9.17) is 18.9 Å². The number of carbonyl (C=O) groups excluding carboxylic acids is 1. The molecule has 3 aromatic carbocycles. The van der Waals surface area contributed by atoms with Crippen molar-refractivity contribution in [3.05, 3.63) is 83.8 Å². The van der Waals surface area contributed by atoms with E-state index in [1.807, 2.05) is 24.3 Å². The second-order valence-electron chi connectivity index (χ2n) is 8.06. The number of aromatic nitrogens is 2. The molecule has 37 heavy (non-hydrogen) atoms. The lowest BCUT2D eigenvalue weighted by Gasteiger charge is -2.11. The first-order valence-electron chi connectivity index (χ1n) is 11.5. The highest BCUT2D eigenvalue weighted by molar-refractivity contribution is 5.94. The first-order chi connectivity index (χ1) is 18.0. The van der Waals surface area contributed by atoms with Crippen molar-refractivity contribution in [3.8, 4) is 39.9 Å². The summed E-state index contributed by atoms with van der Waals surface area (Å²) in [4.78, 5) is 13.3. The van der Waals surface area contributed by atoms with Crippen molar-refractivity contribution in [2.75, 3.05) is 35.0 Å². The van der Waals surface area contributed by atoms with Crippen LogP contribution in [0.2, 0.25) is 0 Å². The van der Waals surface area contributed by atoms with Crippen LogP contribution in [-0.4, -0.2) is 50.7 Å². The third kappa shape index (κ3) is 5.66. The quantitative estimate of drug-likeness (QED) is 0.337. The van der Waals surface area contributed by atoms with Crippen LogP contribution >= 0.6 is 0 Å². The van der Waals surface area contributed by atoms with Gasteiger partial charge >= 0.3 is 0 Å². The van der Waals surface area contributed by atoms with Gasteiger partial charge in [0.15, 0.2) is 11.5 Å². The number of rotatable bonds is 10. The van der Waals surface area contributed by atoms with E-state index in [9.17, 15) is 9.18 Å². The highest BCUT2D eigenvalue weighted by Crippen LogP contribution is 2.33. The second-order valence-corrected chi connectivity index (χ2v) is 8.06. The lowest BCUT2D eigenvalue weighted by molar-refractivity contribution is 0.0946. The van der Waals surface area contributed by atoms with Crippen LogP contribution in [0.4, 0.5) is 4.39 Å². The Labute approximate surface area is 214 Å². The topological polar surface area (TPSA) is 83.8 Å². The lowest BCUT2D eigenvalue weighted by Crippen LogP contribution is -2.27. The normalized spacial score (nSPS) is 10.6. The van der Waals surface area contributed by atoms with Crippen LogP contribution in [0.5, 0.6) is 23.0 Å². The predicted octanol–water partition coefficient (Wildman–Crippen LogP) is 4.69. The van der Waals surface area contributed by atoms with E-state index in [0.29, 0.717) is 58.6 Å². The Kier molecular flexibility index (Phi) is 7.92. The van der Waals surface area contributed by atoms with Gasteiger partial charge in [0.25, 0.3) is 5.91 Å². The van der Waals surface area contributed by atoms with Crippen LogP contribution in [0.25, 0.3) is 16.9 Å². The molecule has 9 heteroatoms. The minimum absolute atomic E-state index is 0.298. The summed E-state index contributed by atoms with van der Waals surface area (Å²) in [5.41, 5.74) is 3.03. The van der Waals surface area contributed by atoms with Crippen LogP contribution < -0.4 is 24.3 Å². The van der Waals surface area contributed by atoms with E-state index in [-0.39, 0.29) is 11.7 Å². The smallest absolute Gasteiger partial charge is 0.270 e. The van der Waals surface area contributed by atoms with Crippen LogP contribution in [0, 0.1) is 5.82 Å². The van der Waals surface area contributed by atoms with Gasteiger partial charge in [0.2, 0.25) is 0 Å². The largest absolute Gasteiger partial charge is 0.497 e. The molecule has 0 saturated carbocycles. The molecule has 192 valence electrons. The summed E-state index contributed by atoms with van der Waals surface area (Å²) in [6, 6.07) is 18.4. The van der Waals surface area contributed by atoms with Crippen molar-refractivity contribution >= 4 is 5.91 Å². The summed E-state index contributed by atoms with van der Waals surface area (Å²) in [5, 5.41) is 7.61. The lowest BCUT2D eigenvalue weighted by atomic mass is 10.1.